The second-order valence-corrected chi connectivity index (χ2v) is 9.69. The molecule has 1 amide bonds. The summed E-state index contributed by atoms with van der Waals surface area (Å²) in [5.41, 5.74) is 0.719. The molecule has 0 bridgehead atoms. The summed E-state index contributed by atoms with van der Waals surface area (Å²) in [5.74, 6) is -0.564. The van der Waals surface area contributed by atoms with Crippen molar-refractivity contribution in [2.75, 3.05) is 11.1 Å². The van der Waals surface area contributed by atoms with Crippen molar-refractivity contribution in [3.8, 4) is 0 Å². The van der Waals surface area contributed by atoms with E-state index in [1.54, 1.807) is 23.5 Å². The van der Waals surface area contributed by atoms with E-state index in [0.29, 0.717) is 4.47 Å². The number of benzene rings is 1. The Hall–Kier alpha value is -1.51. The average Bonchev–Trinajstić information content (AvgIpc) is 3.31. The van der Waals surface area contributed by atoms with E-state index in [2.05, 4.69) is 21.2 Å². The topological polar surface area (TPSA) is 53.8 Å². The molecule has 28 heavy (non-hydrogen) atoms. The first-order valence-corrected chi connectivity index (χ1v) is 11.8. The smallest absolute Gasteiger partial charge is 0.234 e. The molecule has 1 aliphatic carbocycles. The van der Waals surface area contributed by atoms with Crippen LogP contribution in [0, 0.1) is 5.82 Å². The molecule has 2 aliphatic rings. The lowest BCUT2D eigenvalue weighted by atomic mass is 9.90. The van der Waals surface area contributed by atoms with Crippen molar-refractivity contribution < 1.29 is 9.18 Å². The maximum atomic E-state index is 13.9. The predicted octanol–water partition coefficient (Wildman–Crippen LogP) is 5.88. The van der Waals surface area contributed by atoms with Crippen molar-refractivity contribution in [2.45, 2.75) is 37.8 Å². The first-order chi connectivity index (χ1) is 13.5. The van der Waals surface area contributed by atoms with Crippen molar-refractivity contribution in [3.05, 3.63) is 50.9 Å². The number of hydrogen-bond acceptors (Lipinski definition) is 5. The van der Waals surface area contributed by atoms with Crippen LogP contribution >= 0.6 is 39.0 Å². The van der Waals surface area contributed by atoms with E-state index < -0.39 is 5.82 Å². The van der Waals surface area contributed by atoms with Crippen molar-refractivity contribution >= 4 is 61.4 Å². The molecule has 8 heteroatoms. The van der Waals surface area contributed by atoms with Gasteiger partial charge >= 0.3 is 0 Å². The quantitative estimate of drug-likeness (QED) is 0.594. The van der Waals surface area contributed by atoms with Gasteiger partial charge in [-0.05, 0) is 55.3 Å². The minimum absolute atomic E-state index is 0.162. The molecule has 0 saturated heterocycles. The third-order valence-corrected chi connectivity index (χ3v) is 7.12. The van der Waals surface area contributed by atoms with E-state index in [1.165, 1.54) is 24.2 Å². The Balaban J connectivity index is 1.47. The summed E-state index contributed by atoms with van der Waals surface area (Å²) in [7, 11) is 0. The molecular weight excluding hydrogens is 461 g/mol. The zero-order valence-electron chi connectivity index (χ0n) is 15.1. The normalized spacial score (nSPS) is 18.1. The van der Waals surface area contributed by atoms with Gasteiger partial charge in [0.2, 0.25) is 5.91 Å². The van der Waals surface area contributed by atoms with Gasteiger partial charge in [-0.1, -0.05) is 40.2 Å². The first kappa shape index (κ1) is 19.8. The highest BCUT2D eigenvalue weighted by Crippen LogP contribution is 2.39. The van der Waals surface area contributed by atoms with Crippen molar-refractivity contribution in [1.29, 1.82) is 0 Å². The van der Waals surface area contributed by atoms with E-state index >= 15 is 0 Å². The molecule has 1 fully saturated rings. The first-order valence-electron chi connectivity index (χ1n) is 9.16. The third kappa shape index (κ3) is 4.39. The van der Waals surface area contributed by atoms with Gasteiger partial charge in [0, 0.05) is 4.47 Å². The maximum Gasteiger partial charge on any atom is 0.234 e. The predicted molar refractivity (Wildman–Crippen MR) is 119 cm³/mol. The van der Waals surface area contributed by atoms with Crippen LogP contribution in [0.1, 0.15) is 37.0 Å². The van der Waals surface area contributed by atoms with Gasteiger partial charge in [-0.25, -0.2) is 9.38 Å². The molecule has 1 aromatic carbocycles. The van der Waals surface area contributed by atoms with Crippen LogP contribution in [-0.4, -0.2) is 28.1 Å². The molecule has 4 nitrogen and oxygen atoms in total. The number of hydrogen-bond donors (Lipinski definition) is 1. The Labute approximate surface area is 179 Å². The van der Waals surface area contributed by atoms with Crippen LogP contribution < -0.4 is 5.32 Å². The van der Waals surface area contributed by atoms with Crippen LogP contribution in [0.4, 0.5) is 10.1 Å². The summed E-state index contributed by atoms with van der Waals surface area (Å²) >= 11 is 6.22. The molecule has 2 aromatic rings. The summed E-state index contributed by atoms with van der Waals surface area (Å²) in [5, 5.41) is 5.47. The maximum absolute atomic E-state index is 13.9. The largest absolute Gasteiger partial charge is 0.323 e. The number of nitrogens with one attached hydrogen (secondary N) is 1. The van der Waals surface area contributed by atoms with Crippen molar-refractivity contribution in [3.63, 3.8) is 0 Å². The molecule has 146 valence electrons. The molecule has 0 radical (unpaired) electrons. The average molecular weight is 480 g/mol. The lowest BCUT2D eigenvalue weighted by molar-refractivity contribution is -0.113. The number of carbonyl (C=O) groups is 1. The minimum atomic E-state index is -0.465. The van der Waals surface area contributed by atoms with Crippen LogP contribution in [0.5, 0.6) is 0 Å². The highest BCUT2D eigenvalue weighted by atomic mass is 79.9. The van der Waals surface area contributed by atoms with Gasteiger partial charge in [-0.15, -0.1) is 11.3 Å². The number of amides is 1. The molecule has 2 heterocycles. The Morgan fingerprint density at radius 3 is 2.79 bits per heavy atom. The number of aliphatic imine (C=N–C) groups is 2. The Morgan fingerprint density at radius 1 is 1.25 bits per heavy atom. The van der Waals surface area contributed by atoms with Gasteiger partial charge < -0.3 is 5.32 Å². The number of nitrogens with zero attached hydrogens (tertiary/aromatic N) is 2. The highest BCUT2D eigenvalue weighted by Gasteiger charge is 2.38. The Kier molecular flexibility index (Phi) is 5.99. The Bertz CT molecular complexity index is 937. The summed E-state index contributed by atoms with van der Waals surface area (Å²) in [4.78, 5) is 23.4. The third-order valence-electron chi connectivity index (χ3n) is 4.79. The molecule has 1 aromatic heterocycles. The number of rotatable bonds is 4. The van der Waals surface area contributed by atoms with Crippen LogP contribution in [0.15, 0.2) is 50.2 Å². The van der Waals surface area contributed by atoms with Gasteiger partial charge in [-0.3, -0.25) is 9.79 Å². The van der Waals surface area contributed by atoms with Crippen molar-refractivity contribution in [1.82, 2.24) is 0 Å². The molecule has 0 unspecified atom stereocenters. The molecule has 1 aliphatic heterocycles. The molecule has 1 saturated carbocycles. The fourth-order valence-corrected chi connectivity index (χ4v) is 5.43. The molecule has 4 rings (SSSR count). The summed E-state index contributed by atoms with van der Waals surface area (Å²) in [6.45, 7) is 0. The monoisotopic (exact) mass is 479 g/mol. The van der Waals surface area contributed by atoms with E-state index in [9.17, 15) is 9.18 Å². The standard InChI is InChI=1S/C20H19BrFN3OS2/c21-13-6-7-15(14(22)11-13)23-17(26)12-28-19-18(16-5-4-10-27-16)24-20(25-19)8-2-1-3-9-20/h4-7,10-11H,1-3,8-9,12H2,(H,23,26). The van der Waals surface area contributed by atoms with Gasteiger partial charge in [0.1, 0.15) is 16.6 Å². The second kappa shape index (κ2) is 8.47. The second-order valence-electron chi connectivity index (χ2n) is 6.86. The molecule has 0 atom stereocenters. The molecule has 1 spiro atoms. The molecule has 1 N–H and O–H groups in total. The van der Waals surface area contributed by atoms with E-state index in [0.717, 1.165) is 41.3 Å². The lowest BCUT2D eigenvalue weighted by Gasteiger charge is -2.27. The van der Waals surface area contributed by atoms with Gasteiger partial charge in [-0.2, -0.15) is 0 Å². The summed E-state index contributed by atoms with van der Waals surface area (Å²) < 4.78 is 14.6. The Morgan fingerprint density at radius 2 is 2.07 bits per heavy atom. The lowest BCUT2D eigenvalue weighted by Crippen LogP contribution is -2.25. The summed E-state index contributed by atoms with van der Waals surface area (Å²) in [6, 6.07) is 8.61. The fraction of sp³-hybridized carbons (Fsp3) is 0.350. The number of anilines is 1. The number of thioether (sulfide) groups is 1. The van der Waals surface area contributed by atoms with Crippen molar-refractivity contribution in [2.24, 2.45) is 9.98 Å². The fourth-order valence-electron chi connectivity index (χ4n) is 3.45. The number of halogens is 2. The zero-order chi connectivity index (χ0) is 19.6. The number of carbonyl (C=O) groups excluding carboxylic acids is 1. The molecular formula is C20H19BrFN3OS2. The van der Waals surface area contributed by atoms with Crippen LogP contribution in [-0.2, 0) is 4.79 Å². The highest BCUT2D eigenvalue weighted by molar-refractivity contribution is 9.10. The SMILES string of the molecule is O=C(CSC1=NC2(CCCCC2)N=C1c1cccs1)Nc1ccc(Br)cc1F. The number of thiophene rings is 1. The van der Waals surface area contributed by atoms with Gasteiger partial charge in [0.05, 0.1) is 16.3 Å². The van der Waals surface area contributed by atoms with E-state index in [4.69, 9.17) is 9.98 Å². The van der Waals surface area contributed by atoms with E-state index in [1.807, 2.05) is 17.5 Å². The van der Waals surface area contributed by atoms with Crippen LogP contribution in [0.2, 0.25) is 0 Å². The van der Waals surface area contributed by atoms with Crippen LogP contribution in [0.3, 0.4) is 0 Å². The van der Waals surface area contributed by atoms with Gasteiger partial charge in [0.15, 0.2) is 5.66 Å². The van der Waals surface area contributed by atoms with Gasteiger partial charge in [0.25, 0.3) is 0 Å². The summed E-state index contributed by atoms with van der Waals surface area (Å²) in [6.07, 6.45) is 5.41. The minimum Gasteiger partial charge on any atom is -0.323 e. The van der Waals surface area contributed by atoms with Crippen LogP contribution in [0.25, 0.3) is 0 Å². The zero-order valence-corrected chi connectivity index (χ0v) is 18.3. The van der Waals surface area contributed by atoms with E-state index in [-0.39, 0.29) is 23.0 Å².